The fourth-order valence-electron chi connectivity index (χ4n) is 6.17. The number of piperidine rings is 1. The number of fused-ring (bicyclic) bond motifs is 3. The zero-order valence-corrected chi connectivity index (χ0v) is 21.0. The number of hydrogen-bond acceptors (Lipinski definition) is 6. The number of rotatable bonds is 5. The molecular formula is C27H30FN5O4. The molecular weight excluding hydrogens is 477 g/mol. The van der Waals surface area contributed by atoms with Gasteiger partial charge in [-0.1, -0.05) is 25.1 Å². The Kier molecular flexibility index (Phi) is 5.58. The number of H-pyrrole nitrogens is 1. The van der Waals surface area contributed by atoms with Crippen LogP contribution in [-0.2, 0) is 25.8 Å². The van der Waals surface area contributed by atoms with Gasteiger partial charge in [-0.25, -0.2) is 9.18 Å². The first-order valence-corrected chi connectivity index (χ1v) is 13.0. The van der Waals surface area contributed by atoms with Crippen LogP contribution in [-0.4, -0.2) is 37.9 Å². The van der Waals surface area contributed by atoms with Crippen molar-refractivity contribution < 1.29 is 13.7 Å². The summed E-state index contributed by atoms with van der Waals surface area (Å²) < 4.78 is 22.6. The third-order valence-electron chi connectivity index (χ3n) is 8.27. The minimum atomic E-state index is -1.87. The van der Waals surface area contributed by atoms with Crippen LogP contribution in [0.5, 0.6) is 0 Å². The smallest absolute Gasteiger partial charge is 0.329 e. The van der Waals surface area contributed by atoms with Gasteiger partial charge in [0.15, 0.2) is 5.79 Å². The van der Waals surface area contributed by atoms with E-state index >= 15 is 4.39 Å². The number of carbonyl (C=O) groups is 1. The average Bonchev–Trinajstić information content (AvgIpc) is 3.52. The van der Waals surface area contributed by atoms with Gasteiger partial charge in [0.25, 0.3) is 11.5 Å². The van der Waals surface area contributed by atoms with Crippen LogP contribution in [0.1, 0.15) is 72.0 Å². The number of aromatic nitrogens is 3. The summed E-state index contributed by atoms with van der Waals surface area (Å²) in [5.41, 5.74) is 3.18. The summed E-state index contributed by atoms with van der Waals surface area (Å²) in [6.45, 7) is 3.78. The highest BCUT2D eigenvalue weighted by molar-refractivity contribution is 5.98. The van der Waals surface area contributed by atoms with E-state index in [1.807, 2.05) is 13.0 Å². The summed E-state index contributed by atoms with van der Waals surface area (Å²) in [5.74, 6) is -2.41. The average molecular weight is 508 g/mol. The first-order valence-electron chi connectivity index (χ1n) is 13.0. The van der Waals surface area contributed by atoms with E-state index in [-0.39, 0.29) is 25.4 Å². The van der Waals surface area contributed by atoms with Crippen molar-refractivity contribution in [3.63, 3.8) is 0 Å². The molecule has 1 fully saturated rings. The molecule has 2 aromatic heterocycles. The van der Waals surface area contributed by atoms with E-state index in [1.54, 1.807) is 6.92 Å². The standard InChI is InChI=1S/C27H30FN5O4/c1-3-20-23-24(31-37-20)15(2)27(28)10-9-16(14-33(27)25(23)35)13-32-22(34)12-21(30-26(32)36)29-19-8-7-17-5-4-6-18(17)11-19/h7-8,11-12,15-16,29H,3-6,9-10,13-14H2,1-2H3,(H,30,36). The molecule has 4 heterocycles. The highest BCUT2D eigenvalue weighted by atomic mass is 19.1. The quantitative estimate of drug-likeness (QED) is 0.510. The van der Waals surface area contributed by atoms with Crippen molar-refractivity contribution in [2.75, 3.05) is 11.9 Å². The minimum Gasteiger partial charge on any atom is -0.360 e. The Balaban J connectivity index is 1.21. The van der Waals surface area contributed by atoms with Gasteiger partial charge in [-0.2, -0.15) is 0 Å². The Hall–Kier alpha value is -3.69. The molecule has 194 valence electrons. The highest BCUT2D eigenvalue weighted by Gasteiger charge is 2.55. The van der Waals surface area contributed by atoms with Crippen molar-refractivity contribution in [2.45, 2.75) is 70.6 Å². The van der Waals surface area contributed by atoms with Gasteiger partial charge in [0, 0.05) is 37.7 Å². The molecule has 1 aliphatic carbocycles. The summed E-state index contributed by atoms with van der Waals surface area (Å²) >= 11 is 0. The van der Waals surface area contributed by atoms with E-state index in [9.17, 15) is 14.4 Å². The topological polar surface area (TPSA) is 113 Å². The lowest BCUT2D eigenvalue weighted by molar-refractivity contribution is -0.0825. The molecule has 3 atom stereocenters. The molecule has 1 aromatic carbocycles. The van der Waals surface area contributed by atoms with Gasteiger partial charge in [-0.05, 0) is 54.9 Å². The van der Waals surface area contributed by atoms with Crippen molar-refractivity contribution in [1.29, 1.82) is 0 Å². The molecule has 2 N–H and O–H groups in total. The molecule has 0 spiro atoms. The largest absolute Gasteiger partial charge is 0.360 e. The van der Waals surface area contributed by atoms with Crippen LogP contribution in [0.2, 0.25) is 0 Å². The third kappa shape index (κ3) is 3.81. The van der Waals surface area contributed by atoms with E-state index in [4.69, 9.17) is 4.52 Å². The van der Waals surface area contributed by atoms with Crippen LogP contribution in [0.3, 0.4) is 0 Å². The van der Waals surface area contributed by atoms with Gasteiger partial charge in [0.2, 0.25) is 0 Å². The van der Waals surface area contributed by atoms with Gasteiger partial charge in [0.05, 0.1) is 5.92 Å². The van der Waals surface area contributed by atoms with Crippen LogP contribution in [0.4, 0.5) is 15.9 Å². The Labute approximate surface area is 212 Å². The molecule has 1 saturated heterocycles. The van der Waals surface area contributed by atoms with E-state index in [0.29, 0.717) is 35.7 Å². The summed E-state index contributed by atoms with van der Waals surface area (Å²) in [4.78, 5) is 43.1. The Morgan fingerprint density at radius 2 is 2.03 bits per heavy atom. The van der Waals surface area contributed by atoms with Crippen molar-refractivity contribution in [3.8, 4) is 0 Å². The van der Waals surface area contributed by atoms with Crippen molar-refractivity contribution in [3.05, 3.63) is 73.2 Å². The van der Waals surface area contributed by atoms with Gasteiger partial charge in [0.1, 0.15) is 22.8 Å². The Morgan fingerprint density at radius 1 is 1.22 bits per heavy atom. The molecule has 1 amide bonds. The fraction of sp³-hybridized carbons (Fsp3) is 0.481. The number of nitrogens with one attached hydrogen (secondary N) is 2. The number of aromatic amines is 1. The van der Waals surface area contributed by atoms with Crippen LogP contribution in [0, 0.1) is 5.92 Å². The number of amides is 1. The van der Waals surface area contributed by atoms with E-state index in [1.165, 1.54) is 22.1 Å². The molecule has 0 bridgehead atoms. The second-order valence-corrected chi connectivity index (χ2v) is 10.5. The molecule has 6 rings (SSSR count). The number of anilines is 2. The van der Waals surface area contributed by atoms with Crippen LogP contribution < -0.4 is 16.6 Å². The van der Waals surface area contributed by atoms with Gasteiger partial charge < -0.3 is 14.7 Å². The molecule has 3 aliphatic rings. The van der Waals surface area contributed by atoms with Crippen LogP contribution >= 0.6 is 0 Å². The number of aryl methyl sites for hydroxylation is 3. The molecule has 3 aromatic rings. The lowest BCUT2D eigenvalue weighted by Crippen LogP contribution is -2.60. The Bertz CT molecular complexity index is 1480. The van der Waals surface area contributed by atoms with E-state index in [2.05, 4.69) is 27.6 Å². The summed E-state index contributed by atoms with van der Waals surface area (Å²) in [6, 6.07) is 7.44. The number of alkyl halides is 1. The van der Waals surface area contributed by atoms with E-state index in [0.717, 1.165) is 29.5 Å². The number of benzene rings is 1. The zero-order chi connectivity index (χ0) is 25.9. The number of carbonyl (C=O) groups excluding carboxylic acids is 1. The SMILES string of the molecule is CCc1onc2c1C(=O)N1CC(Cn3c(=O)cc(Nc4ccc5c(c4)CCC5)[nH]c3=O)CCC1(F)C2C. The lowest BCUT2D eigenvalue weighted by atomic mass is 9.78. The zero-order valence-electron chi connectivity index (χ0n) is 21.0. The maximum absolute atomic E-state index is 16.1. The second kappa shape index (κ2) is 8.71. The number of hydrogen-bond donors (Lipinski definition) is 2. The first-order chi connectivity index (χ1) is 17.8. The summed E-state index contributed by atoms with van der Waals surface area (Å²) in [6.07, 6.45) is 4.25. The first kappa shape index (κ1) is 23.7. The van der Waals surface area contributed by atoms with Crippen molar-refractivity contribution >= 4 is 17.4 Å². The van der Waals surface area contributed by atoms with Crippen LogP contribution in [0.15, 0.2) is 38.4 Å². The van der Waals surface area contributed by atoms with Gasteiger partial charge in [-0.15, -0.1) is 0 Å². The lowest BCUT2D eigenvalue weighted by Gasteiger charge is -2.49. The number of halogens is 1. The monoisotopic (exact) mass is 507 g/mol. The highest BCUT2D eigenvalue weighted by Crippen LogP contribution is 2.48. The third-order valence-corrected chi connectivity index (χ3v) is 8.27. The predicted octanol–water partition coefficient (Wildman–Crippen LogP) is 3.65. The molecule has 0 radical (unpaired) electrons. The maximum atomic E-state index is 16.1. The summed E-state index contributed by atoms with van der Waals surface area (Å²) in [7, 11) is 0. The van der Waals surface area contributed by atoms with Crippen molar-refractivity contribution in [1.82, 2.24) is 19.6 Å². The van der Waals surface area contributed by atoms with E-state index < -0.39 is 28.9 Å². The molecule has 37 heavy (non-hydrogen) atoms. The molecule has 2 aliphatic heterocycles. The predicted molar refractivity (Wildman–Crippen MR) is 135 cm³/mol. The summed E-state index contributed by atoms with van der Waals surface area (Å²) in [5, 5.41) is 7.13. The Morgan fingerprint density at radius 3 is 2.81 bits per heavy atom. The normalized spacial score (nSPS) is 24.5. The van der Waals surface area contributed by atoms with Crippen molar-refractivity contribution in [2.24, 2.45) is 5.92 Å². The number of nitrogens with zero attached hydrogens (tertiary/aromatic N) is 3. The fourth-order valence-corrected chi connectivity index (χ4v) is 6.17. The second-order valence-electron chi connectivity index (χ2n) is 10.5. The van der Waals surface area contributed by atoms with Crippen LogP contribution in [0.25, 0.3) is 0 Å². The molecule has 10 heteroatoms. The minimum absolute atomic E-state index is 0.0959. The molecule has 3 unspecified atom stereocenters. The molecule has 0 saturated carbocycles. The van der Waals surface area contributed by atoms with Gasteiger partial charge in [-0.3, -0.25) is 19.1 Å². The van der Waals surface area contributed by atoms with Gasteiger partial charge >= 0.3 is 5.69 Å². The maximum Gasteiger partial charge on any atom is 0.329 e. The molecule has 9 nitrogen and oxygen atoms in total.